The number of carboxylic acid groups (broad SMARTS) is 1. The van der Waals surface area contributed by atoms with E-state index in [9.17, 15) is 14.4 Å². The summed E-state index contributed by atoms with van der Waals surface area (Å²) >= 11 is 0. The summed E-state index contributed by atoms with van der Waals surface area (Å²) in [6.45, 7) is 0.801. The second-order valence-corrected chi connectivity index (χ2v) is 6.08. The predicted octanol–water partition coefficient (Wildman–Crippen LogP) is 1.15. The number of hydrogen-bond donors (Lipinski definition) is 2. The molecule has 2 aliphatic rings. The molecule has 6 heteroatoms. The van der Waals surface area contributed by atoms with Crippen LogP contribution in [0, 0.1) is 5.92 Å². The topological polar surface area (TPSA) is 86.7 Å². The van der Waals surface area contributed by atoms with Crippen LogP contribution in [0.5, 0.6) is 0 Å². The summed E-state index contributed by atoms with van der Waals surface area (Å²) in [5, 5.41) is 11.9. The zero-order valence-corrected chi connectivity index (χ0v) is 12.3. The third-order valence-electron chi connectivity index (χ3n) is 4.45. The predicted molar refractivity (Wildman–Crippen MR) is 76.6 cm³/mol. The minimum atomic E-state index is -0.741. The summed E-state index contributed by atoms with van der Waals surface area (Å²) < 4.78 is 0. The van der Waals surface area contributed by atoms with Gasteiger partial charge in [0.25, 0.3) is 0 Å². The molecule has 0 spiro atoms. The quantitative estimate of drug-likeness (QED) is 0.814. The Kier molecular flexibility index (Phi) is 5.59. The molecule has 118 valence electrons. The molecular weight excluding hydrogens is 272 g/mol. The molecule has 21 heavy (non-hydrogen) atoms. The van der Waals surface area contributed by atoms with Crippen molar-refractivity contribution in [1.82, 2.24) is 10.2 Å². The minimum absolute atomic E-state index is 0.0511. The van der Waals surface area contributed by atoms with Gasteiger partial charge in [-0.05, 0) is 38.5 Å². The van der Waals surface area contributed by atoms with E-state index in [1.54, 1.807) is 4.90 Å². The molecule has 0 unspecified atom stereocenters. The van der Waals surface area contributed by atoms with Crippen molar-refractivity contribution < 1.29 is 19.5 Å². The lowest BCUT2D eigenvalue weighted by molar-refractivity contribution is -0.143. The van der Waals surface area contributed by atoms with Crippen LogP contribution in [0.4, 0.5) is 0 Å². The molecule has 1 heterocycles. The molecule has 2 rings (SSSR count). The van der Waals surface area contributed by atoms with Crippen LogP contribution in [0.15, 0.2) is 0 Å². The summed E-state index contributed by atoms with van der Waals surface area (Å²) in [7, 11) is 0. The zero-order chi connectivity index (χ0) is 15.2. The van der Waals surface area contributed by atoms with E-state index in [-0.39, 0.29) is 30.3 Å². The van der Waals surface area contributed by atoms with Crippen molar-refractivity contribution >= 4 is 17.8 Å². The molecule has 2 fully saturated rings. The normalized spacial score (nSPS) is 27.0. The number of likely N-dealkylation sites (tertiary alicyclic amines) is 1. The first-order valence-corrected chi connectivity index (χ1v) is 7.86. The highest BCUT2D eigenvalue weighted by atomic mass is 16.4. The fourth-order valence-corrected chi connectivity index (χ4v) is 3.14. The van der Waals surface area contributed by atoms with E-state index in [0.29, 0.717) is 38.6 Å². The third-order valence-corrected chi connectivity index (χ3v) is 4.45. The van der Waals surface area contributed by atoms with Crippen molar-refractivity contribution in [3.8, 4) is 0 Å². The van der Waals surface area contributed by atoms with Crippen molar-refractivity contribution in [1.29, 1.82) is 0 Å². The molecule has 2 N–H and O–H groups in total. The Hall–Kier alpha value is -1.59. The van der Waals surface area contributed by atoms with Crippen molar-refractivity contribution in [3.63, 3.8) is 0 Å². The molecule has 0 aromatic heterocycles. The second kappa shape index (κ2) is 7.43. The number of nitrogens with one attached hydrogen (secondary N) is 1. The molecule has 0 radical (unpaired) electrons. The van der Waals surface area contributed by atoms with Gasteiger partial charge in [-0.1, -0.05) is 6.42 Å². The lowest BCUT2D eigenvalue weighted by Gasteiger charge is -2.28. The molecule has 1 saturated carbocycles. The van der Waals surface area contributed by atoms with E-state index in [4.69, 9.17) is 5.11 Å². The number of carbonyl (C=O) groups is 3. The molecule has 1 aliphatic carbocycles. The van der Waals surface area contributed by atoms with Crippen molar-refractivity contribution in [3.05, 3.63) is 0 Å². The summed E-state index contributed by atoms with van der Waals surface area (Å²) in [6, 6.07) is 0.0511. The van der Waals surface area contributed by atoms with Gasteiger partial charge in [0.15, 0.2) is 0 Å². The summed E-state index contributed by atoms with van der Waals surface area (Å²) in [4.78, 5) is 36.4. The van der Waals surface area contributed by atoms with E-state index < -0.39 is 5.97 Å². The first-order chi connectivity index (χ1) is 10.1. The minimum Gasteiger partial charge on any atom is -0.481 e. The third kappa shape index (κ3) is 4.72. The molecule has 0 atom stereocenters. The average Bonchev–Trinajstić information content (AvgIpc) is 2.65. The number of nitrogens with zero attached hydrogens (tertiary/aromatic N) is 1. The first-order valence-electron chi connectivity index (χ1n) is 7.86. The molecular formula is C15H24N2O4. The maximum atomic E-state index is 12.0. The van der Waals surface area contributed by atoms with Crippen molar-refractivity contribution in [2.24, 2.45) is 5.92 Å². The van der Waals surface area contributed by atoms with Gasteiger partial charge in [-0.25, -0.2) is 0 Å². The number of carboxylic acids is 1. The van der Waals surface area contributed by atoms with Crippen molar-refractivity contribution in [2.45, 2.75) is 57.4 Å². The van der Waals surface area contributed by atoms with Crippen LogP contribution < -0.4 is 5.32 Å². The summed E-state index contributed by atoms with van der Waals surface area (Å²) in [6.07, 6.45) is 6.10. The highest BCUT2D eigenvalue weighted by Gasteiger charge is 2.27. The smallest absolute Gasteiger partial charge is 0.306 e. The van der Waals surface area contributed by atoms with Gasteiger partial charge in [0.1, 0.15) is 0 Å². The lowest BCUT2D eigenvalue weighted by atomic mass is 9.86. The molecule has 6 nitrogen and oxygen atoms in total. The van der Waals surface area contributed by atoms with E-state index in [1.165, 1.54) is 0 Å². The number of hydrogen-bond acceptors (Lipinski definition) is 3. The SMILES string of the molecule is O=C(CN1CCCCCC1=O)NC1CCC(C(=O)O)CC1. The van der Waals surface area contributed by atoms with E-state index in [0.717, 1.165) is 19.3 Å². The molecule has 1 saturated heterocycles. The van der Waals surface area contributed by atoms with E-state index in [2.05, 4.69) is 5.32 Å². The summed E-state index contributed by atoms with van der Waals surface area (Å²) in [5.74, 6) is -1.07. The number of carbonyl (C=O) groups excluding carboxylic acids is 2. The molecule has 0 aromatic carbocycles. The van der Waals surface area contributed by atoms with Crippen LogP contribution in [0.1, 0.15) is 51.4 Å². The van der Waals surface area contributed by atoms with E-state index in [1.807, 2.05) is 0 Å². The van der Waals surface area contributed by atoms with Gasteiger partial charge < -0.3 is 15.3 Å². The maximum Gasteiger partial charge on any atom is 0.306 e. The largest absolute Gasteiger partial charge is 0.481 e. The standard InChI is InChI=1S/C15H24N2O4/c18-13(10-17-9-3-1-2-4-14(17)19)16-12-7-5-11(6-8-12)15(20)21/h11-12H,1-10H2,(H,16,18)(H,20,21). The molecule has 2 amide bonds. The Morgan fingerprint density at radius 2 is 1.86 bits per heavy atom. The Labute approximate surface area is 124 Å². The Balaban J connectivity index is 1.74. The number of aliphatic carboxylic acids is 1. The lowest BCUT2D eigenvalue weighted by Crippen LogP contribution is -2.45. The number of rotatable bonds is 4. The fourth-order valence-electron chi connectivity index (χ4n) is 3.14. The summed E-state index contributed by atoms with van der Waals surface area (Å²) in [5.41, 5.74) is 0. The van der Waals surface area contributed by atoms with Gasteiger partial charge in [0.2, 0.25) is 11.8 Å². The van der Waals surface area contributed by atoms with Crippen LogP contribution in [0.3, 0.4) is 0 Å². The van der Waals surface area contributed by atoms with Gasteiger partial charge in [-0.2, -0.15) is 0 Å². The van der Waals surface area contributed by atoms with Crippen LogP contribution in [0.25, 0.3) is 0 Å². The zero-order valence-electron chi connectivity index (χ0n) is 12.3. The monoisotopic (exact) mass is 296 g/mol. The molecule has 0 bridgehead atoms. The van der Waals surface area contributed by atoms with Crippen LogP contribution >= 0.6 is 0 Å². The Morgan fingerprint density at radius 3 is 2.52 bits per heavy atom. The van der Waals surface area contributed by atoms with Gasteiger partial charge in [-0.15, -0.1) is 0 Å². The van der Waals surface area contributed by atoms with Crippen LogP contribution in [0.2, 0.25) is 0 Å². The number of amides is 2. The van der Waals surface area contributed by atoms with E-state index >= 15 is 0 Å². The Bertz CT molecular complexity index is 402. The van der Waals surface area contributed by atoms with Gasteiger partial charge in [0, 0.05) is 19.0 Å². The highest BCUT2D eigenvalue weighted by Crippen LogP contribution is 2.24. The highest BCUT2D eigenvalue weighted by molar-refractivity contribution is 5.85. The van der Waals surface area contributed by atoms with Gasteiger partial charge in [-0.3, -0.25) is 14.4 Å². The van der Waals surface area contributed by atoms with Crippen molar-refractivity contribution in [2.75, 3.05) is 13.1 Å². The Morgan fingerprint density at radius 1 is 1.14 bits per heavy atom. The molecule has 0 aromatic rings. The maximum absolute atomic E-state index is 12.0. The van der Waals surface area contributed by atoms with Crippen LogP contribution in [-0.2, 0) is 14.4 Å². The first kappa shape index (κ1) is 15.8. The molecule has 1 aliphatic heterocycles. The van der Waals surface area contributed by atoms with Gasteiger partial charge in [0.05, 0.1) is 12.5 Å². The fraction of sp³-hybridized carbons (Fsp3) is 0.800. The van der Waals surface area contributed by atoms with Crippen LogP contribution in [-0.4, -0.2) is 46.9 Å². The second-order valence-electron chi connectivity index (χ2n) is 6.08. The average molecular weight is 296 g/mol. The van der Waals surface area contributed by atoms with Gasteiger partial charge >= 0.3 is 5.97 Å².